The SMILES string of the molecule is COc1cc(F)c(C2CN(CCF)CCC2NC(=O)Nc2ccc(Cl)s2)c(F)c1.COc1cc(F)c(C2CNCCC2NC(=O)Nc2ncc(Cl)s2)c(F)c1. The van der Waals surface area contributed by atoms with Crippen LogP contribution in [0.25, 0.3) is 0 Å². The molecule has 0 bridgehead atoms. The van der Waals surface area contributed by atoms with Crippen LogP contribution in [-0.4, -0.2) is 87.6 Å². The van der Waals surface area contributed by atoms with Gasteiger partial charge in [0.25, 0.3) is 0 Å². The van der Waals surface area contributed by atoms with Crippen LogP contribution in [0.2, 0.25) is 8.67 Å². The Morgan fingerprint density at radius 2 is 1.44 bits per heavy atom. The third kappa shape index (κ3) is 11.3. The largest absolute Gasteiger partial charge is 0.497 e. The number of thiazole rings is 1. The number of ether oxygens (including phenoxy) is 2. The van der Waals surface area contributed by atoms with E-state index >= 15 is 0 Å². The summed E-state index contributed by atoms with van der Waals surface area (Å²) < 4.78 is 81.9. The second kappa shape index (κ2) is 19.8. The number of amides is 4. The number of urea groups is 2. The number of likely N-dealkylation sites (tertiary alicyclic amines) is 1. The highest BCUT2D eigenvalue weighted by Gasteiger charge is 2.36. The minimum atomic E-state index is -0.758. The van der Waals surface area contributed by atoms with Crippen molar-refractivity contribution in [3.05, 3.63) is 85.7 Å². The zero-order valence-electron chi connectivity index (χ0n) is 29.5. The third-order valence-corrected chi connectivity index (χ3v) is 11.2. The highest BCUT2D eigenvalue weighted by Crippen LogP contribution is 2.35. The van der Waals surface area contributed by atoms with E-state index in [0.29, 0.717) is 51.3 Å². The number of alkyl halides is 1. The van der Waals surface area contributed by atoms with Crippen molar-refractivity contribution in [1.29, 1.82) is 0 Å². The number of piperidine rings is 2. The Labute approximate surface area is 331 Å². The van der Waals surface area contributed by atoms with Crippen molar-refractivity contribution in [2.75, 3.05) is 64.3 Å². The molecule has 20 heteroatoms. The quantitative estimate of drug-likeness (QED) is 0.102. The number of carbonyl (C=O) groups is 2. The van der Waals surface area contributed by atoms with Crippen LogP contribution in [0.5, 0.6) is 11.5 Å². The number of aromatic nitrogens is 1. The molecule has 2 saturated heterocycles. The molecule has 0 radical (unpaired) electrons. The molecule has 2 aliphatic rings. The van der Waals surface area contributed by atoms with Gasteiger partial charge in [0.1, 0.15) is 45.8 Å². The van der Waals surface area contributed by atoms with Crippen LogP contribution in [0.1, 0.15) is 35.8 Å². The normalized spacial score (nSPS) is 19.8. The van der Waals surface area contributed by atoms with Gasteiger partial charge >= 0.3 is 12.1 Å². The fraction of sp³-hybridized carbons (Fsp3) is 0.400. The van der Waals surface area contributed by atoms with Crippen molar-refractivity contribution in [2.45, 2.75) is 36.8 Å². The van der Waals surface area contributed by atoms with E-state index in [9.17, 15) is 31.5 Å². The first-order chi connectivity index (χ1) is 26.4. The summed E-state index contributed by atoms with van der Waals surface area (Å²) in [7, 11) is 2.67. The lowest BCUT2D eigenvalue weighted by atomic mass is 9.85. The maximum Gasteiger partial charge on any atom is 0.321 e. The number of nitrogens with one attached hydrogen (secondary N) is 5. The second-order valence-corrected chi connectivity index (χ2v) is 15.9. The average Bonchev–Trinajstić information content (AvgIpc) is 3.75. The summed E-state index contributed by atoms with van der Waals surface area (Å²) in [5, 5.41) is 14.8. The number of hydrogen-bond acceptors (Lipinski definition) is 9. The Bertz CT molecular complexity index is 1900. The lowest BCUT2D eigenvalue weighted by Crippen LogP contribution is -2.51. The zero-order chi connectivity index (χ0) is 39.6. The number of carbonyl (C=O) groups excluding carboxylic acids is 2. The molecule has 0 spiro atoms. The summed E-state index contributed by atoms with van der Waals surface area (Å²) in [6.45, 7) is 1.31. The van der Waals surface area contributed by atoms with Gasteiger partial charge in [0.2, 0.25) is 0 Å². The Morgan fingerprint density at radius 3 is 1.96 bits per heavy atom. The number of thiophene rings is 1. The number of nitrogens with zero attached hydrogens (tertiary/aromatic N) is 2. The number of halogens is 7. The number of anilines is 2. The standard InChI is InChI=1S/C19H21ClF3N3O2S.C16H17ClF2N4O2S/c1-28-11-8-13(22)18(14(23)9-11)12-10-26(7-5-21)6-4-15(12)24-19(27)25-17-3-2-16(20)29-17;1-25-8-4-10(18)14(11(19)5-8)9-6-20-3-2-12(9)22-15(24)23-16-21-7-13(17)26-16/h2-3,8-9,12,15H,4-7,10H2,1H3,(H2,24,25,27);4-5,7,9,12,20H,2-3,6H2,1H3,(H2,21,22,23,24). The molecule has 11 nitrogen and oxygen atoms in total. The minimum Gasteiger partial charge on any atom is -0.497 e. The molecule has 4 aromatic rings. The molecule has 0 aliphatic carbocycles. The molecule has 2 aliphatic heterocycles. The summed E-state index contributed by atoms with van der Waals surface area (Å²) in [5.41, 5.74) is -0.209. The number of rotatable bonds is 10. The van der Waals surface area contributed by atoms with Crippen molar-refractivity contribution < 1.29 is 41.0 Å². The van der Waals surface area contributed by atoms with Crippen LogP contribution < -0.4 is 36.1 Å². The molecule has 4 heterocycles. The summed E-state index contributed by atoms with van der Waals surface area (Å²) >= 11 is 14.0. The smallest absolute Gasteiger partial charge is 0.321 e. The molecule has 0 saturated carbocycles. The fourth-order valence-corrected chi connectivity index (χ4v) is 8.27. The van der Waals surface area contributed by atoms with Gasteiger partial charge in [-0.15, -0.1) is 11.3 Å². The first-order valence-corrected chi connectivity index (χ1v) is 19.3. The van der Waals surface area contributed by atoms with Gasteiger partial charge in [0, 0.05) is 85.5 Å². The fourth-order valence-electron chi connectivity index (χ4n) is 6.52. The Hall–Kier alpha value is -3.94. The molecule has 4 atom stereocenters. The highest BCUT2D eigenvalue weighted by atomic mass is 35.5. The summed E-state index contributed by atoms with van der Waals surface area (Å²) in [4.78, 5) is 30.4. The molecule has 4 unspecified atom stereocenters. The summed E-state index contributed by atoms with van der Waals surface area (Å²) in [6, 6.07) is 5.86. The van der Waals surface area contributed by atoms with Gasteiger partial charge in [-0.25, -0.2) is 36.5 Å². The van der Waals surface area contributed by atoms with Gasteiger partial charge in [-0.2, -0.15) is 0 Å². The van der Waals surface area contributed by atoms with Crippen molar-refractivity contribution >= 4 is 68.1 Å². The Kier molecular flexibility index (Phi) is 15.2. The van der Waals surface area contributed by atoms with Gasteiger partial charge in [-0.3, -0.25) is 15.5 Å². The maximum absolute atomic E-state index is 14.7. The average molecular weight is 851 g/mol. The van der Waals surface area contributed by atoms with E-state index in [1.54, 1.807) is 17.0 Å². The van der Waals surface area contributed by atoms with Gasteiger partial charge in [0.05, 0.1) is 29.8 Å². The molecular weight excluding hydrogens is 812 g/mol. The van der Waals surface area contributed by atoms with Crippen LogP contribution >= 0.6 is 45.9 Å². The van der Waals surface area contributed by atoms with E-state index in [-0.39, 0.29) is 35.7 Å². The third-order valence-electron chi connectivity index (χ3n) is 9.04. The molecule has 2 aromatic heterocycles. The first kappa shape index (κ1) is 42.2. The number of hydrogen-bond donors (Lipinski definition) is 5. The van der Waals surface area contributed by atoms with Crippen LogP contribution in [0.4, 0.5) is 41.7 Å². The van der Waals surface area contributed by atoms with E-state index < -0.39 is 65.9 Å². The zero-order valence-corrected chi connectivity index (χ0v) is 32.6. The minimum absolute atomic E-state index is 0.0667. The Balaban J connectivity index is 0.000000212. The van der Waals surface area contributed by atoms with Crippen LogP contribution in [-0.2, 0) is 0 Å². The predicted molar refractivity (Wildman–Crippen MR) is 204 cm³/mol. The van der Waals surface area contributed by atoms with Crippen molar-refractivity contribution in [3.8, 4) is 11.5 Å². The summed E-state index contributed by atoms with van der Waals surface area (Å²) in [5.74, 6) is -3.98. The van der Waals surface area contributed by atoms with Crippen LogP contribution in [0, 0.1) is 23.3 Å². The van der Waals surface area contributed by atoms with E-state index in [1.807, 2.05) is 0 Å². The predicted octanol–water partition coefficient (Wildman–Crippen LogP) is 7.99. The first-order valence-electron chi connectivity index (χ1n) is 17.0. The molecule has 4 amide bonds. The molecule has 5 N–H and O–H groups in total. The topological polar surface area (TPSA) is 129 Å². The lowest BCUT2D eigenvalue weighted by Gasteiger charge is -2.39. The van der Waals surface area contributed by atoms with Gasteiger partial charge in [0.15, 0.2) is 5.13 Å². The van der Waals surface area contributed by atoms with Crippen molar-refractivity contribution in [2.24, 2.45) is 0 Å². The van der Waals surface area contributed by atoms with Crippen molar-refractivity contribution in [3.63, 3.8) is 0 Å². The second-order valence-electron chi connectivity index (χ2n) is 12.5. The number of benzene rings is 2. The van der Waals surface area contributed by atoms with Gasteiger partial charge < -0.3 is 25.4 Å². The van der Waals surface area contributed by atoms with Gasteiger partial charge in [-0.05, 0) is 31.5 Å². The molecule has 298 valence electrons. The molecule has 2 aromatic carbocycles. The maximum atomic E-state index is 14.7. The van der Waals surface area contributed by atoms with E-state index in [2.05, 4.69) is 31.6 Å². The highest BCUT2D eigenvalue weighted by molar-refractivity contribution is 7.20. The van der Waals surface area contributed by atoms with E-state index in [0.717, 1.165) is 35.6 Å². The Morgan fingerprint density at radius 1 is 0.855 bits per heavy atom. The van der Waals surface area contributed by atoms with E-state index in [4.69, 9.17) is 32.7 Å². The molecular formula is C35H38Cl2F5N7O4S2. The van der Waals surface area contributed by atoms with Gasteiger partial charge in [-0.1, -0.05) is 34.5 Å². The molecule has 2 fully saturated rings. The summed E-state index contributed by atoms with van der Waals surface area (Å²) in [6.07, 6.45) is 2.38. The molecule has 55 heavy (non-hydrogen) atoms. The van der Waals surface area contributed by atoms with Crippen LogP contribution in [0.3, 0.4) is 0 Å². The molecule has 6 rings (SSSR count). The number of methoxy groups -OCH3 is 2. The van der Waals surface area contributed by atoms with Crippen LogP contribution in [0.15, 0.2) is 42.6 Å². The monoisotopic (exact) mass is 849 g/mol. The van der Waals surface area contributed by atoms with Crippen molar-refractivity contribution in [1.82, 2.24) is 25.8 Å². The lowest BCUT2D eigenvalue weighted by molar-refractivity contribution is 0.161. The van der Waals surface area contributed by atoms with E-state index in [1.165, 1.54) is 31.8 Å².